The second kappa shape index (κ2) is 8.47. The lowest BCUT2D eigenvalue weighted by Crippen LogP contribution is -2.48. The van der Waals surface area contributed by atoms with Crippen molar-refractivity contribution < 1.29 is 9.47 Å². The molecule has 0 bridgehead atoms. The van der Waals surface area contributed by atoms with Gasteiger partial charge in [-0.3, -0.25) is 4.90 Å². The molecule has 2 rings (SSSR count). The van der Waals surface area contributed by atoms with Crippen LogP contribution in [-0.4, -0.2) is 43.8 Å². The Kier molecular flexibility index (Phi) is 7.29. The Morgan fingerprint density at radius 2 is 2.10 bits per heavy atom. The van der Waals surface area contributed by atoms with Gasteiger partial charge in [-0.2, -0.15) is 0 Å². The van der Waals surface area contributed by atoms with Crippen LogP contribution in [0, 0.1) is 0 Å². The minimum atomic E-state index is 0. The Morgan fingerprint density at radius 3 is 2.71 bits per heavy atom. The predicted octanol–water partition coefficient (Wildman–Crippen LogP) is 2.70. The summed E-state index contributed by atoms with van der Waals surface area (Å²) in [6.45, 7) is 10.5. The number of ether oxygens (including phenoxy) is 2. The number of hydrogen-bond donors (Lipinski definition) is 1. The second-order valence-corrected chi connectivity index (χ2v) is 5.74. The predicted molar refractivity (Wildman–Crippen MR) is 88.7 cm³/mol. The molecule has 120 valence electrons. The maximum absolute atomic E-state index is 5.75. The number of rotatable bonds is 5. The van der Waals surface area contributed by atoms with E-state index in [4.69, 9.17) is 9.47 Å². The minimum absolute atomic E-state index is 0. The van der Waals surface area contributed by atoms with Gasteiger partial charge in [0, 0.05) is 32.2 Å². The fraction of sp³-hybridized carbons (Fsp3) is 0.625. The summed E-state index contributed by atoms with van der Waals surface area (Å²) in [6.07, 6.45) is 0.156. The first-order chi connectivity index (χ1) is 9.58. The Balaban J connectivity index is 0.00000220. The average Bonchev–Trinajstić information content (AvgIpc) is 2.40. The summed E-state index contributed by atoms with van der Waals surface area (Å²) < 4.78 is 11.2. The molecule has 1 heterocycles. The number of benzene rings is 1. The fourth-order valence-electron chi connectivity index (χ4n) is 2.58. The number of piperazine rings is 1. The largest absolute Gasteiger partial charge is 0.493 e. The first-order valence-electron chi connectivity index (χ1n) is 7.37. The van der Waals surface area contributed by atoms with E-state index >= 15 is 0 Å². The maximum Gasteiger partial charge on any atom is 0.161 e. The van der Waals surface area contributed by atoms with Crippen molar-refractivity contribution in [2.75, 3.05) is 26.7 Å². The Bertz CT molecular complexity index is 440. The molecule has 1 fully saturated rings. The van der Waals surface area contributed by atoms with E-state index in [1.54, 1.807) is 7.11 Å². The maximum atomic E-state index is 5.75. The third-order valence-electron chi connectivity index (χ3n) is 3.45. The lowest BCUT2D eigenvalue weighted by atomic mass is 10.1. The van der Waals surface area contributed by atoms with E-state index in [1.807, 2.05) is 19.9 Å². The van der Waals surface area contributed by atoms with Crippen LogP contribution in [0.4, 0.5) is 0 Å². The Labute approximate surface area is 134 Å². The van der Waals surface area contributed by atoms with E-state index in [0.29, 0.717) is 6.04 Å². The molecule has 0 aliphatic carbocycles. The SMILES string of the molecule is COc1cc(CN2CCN[C@H](C)C2)ccc1OC(C)C.Cl. The summed E-state index contributed by atoms with van der Waals surface area (Å²) in [5.74, 6) is 1.64. The van der Waals surface area contributed by atoms with Crippen LogP contribution in [0.1, 0.15) is 26.3 Å². The van der Waals surface area contributed by atoms with Crippen LogP contribution in [0.5, 0.6) is 11.5 Å². The zero-order valence-electron chi connectivity index (χ0n) is 13.4. The normalized spacial score (nSPS) is 19.2. The van der Waals surface area contributed by atoms with Crippen molar-refractivity contribution >= 4 is 12.4 Å². The second-order valence-electron chi connectivity index (χ2n) is 5.74. The molecule has 5 heteroatoms. The highest BCUT2D eigenvalue weighted by molar-refractivity contribution is 5.85. The van der Waals surface area contributed by atoms with Crippen LogP contribution in [0.15, 0.2) is 18.2 Å². The first kappa shape index (κ1) is 18.1. The molecule has 1 atom stereocenters. The zero-order chi connectivity index (χ0) is 14.5. The molecule has 1 aromatic rings. The van der Waals surface area contributed by atoms with Crippen molar-refractivity contribution in [1.82, 2.24) is 10.2 Å². The third kappa shape index (κ3) is 5.38. The number of nitrogens with zero attached hydrogens (tertiary/aromatic N) is 1. The van der Waals surface area contributed by atoms with Crippen LogP contribution in [0.3, 0.4) is 0 Å². The quantitative estimate of drug-likeness (QED) is 0.906. The molecular weight excluding hydrogens is 288 g/mol. The fourth-order valence-corrected chi connectivity index (χ4v) is 2.58. The lowest BCUT2D eigenvalue weighted by Gasteiger charge is -2.31. The van der Waals surface area contributed by atoms with Gasteiger partial charge in [-0.1, -0.05) is 6.07 Å². The van der Waals surface area contributed by atoms with E-state index in [1.165, 1.54) is 5.56 Å². The molecule has 1 aliphatic rings. The highest BCUT2D eigenvalue weighted by Gasteiger charge is 2.16. The molecule has 0 saturated carbocycles. The van der Waals surface area contributed by atoms with Gasteiger partial charge in [0.05, 0.1) is 13.2 Å². The van der Waals surface area contributed by atoms with Crippen LogP contribution in [-0.2, 0) is 6.54 Å². The number of hydrogen-bond acceptors (Lipinski definition) is 4. The highest BCUT2D eigenvalue weighted by Crippen LogP contribution is 2.29. The summed E-state index contributed by atoms with van der Waals surface area (Å²) in [7, 11) is 1.69. The number of methoxy groups -OCH3 is 1. The first-order valence-corrected chi connectivity index (χ1v) is 7.37. The minimum Gasteiger partial charge on any atom is -0.493 e. The number of nitrogens with one attached hydrogen (secondary N) is 1. The molecule has 1 aromatic carbocycles. The smallest absolute Gasteiger partial charge is 0.161 e. The topological polar surface area (TPSA) is 33.7 Å². The highest BCUT2D eigenvalue weighted by atomic mass is 35.5. The van der Waals surface area contributed by atoms with E-state index in [2.05, 4.69) is 29.3 Å². The summed E-state index contributed by atoms with van der Waals surface area (Å²) in [6, 6.07) is 6.80. The van der Waals surface area contributed by atoms with Crippen molar-refractivity contribution in [3.8, 4) is 11.5 Å². The van der Waals surface area contributed by atoms with Gasteiger partial charge < -0.3 is 14.8 Å². The Morgan fingerprint density at radius 1 is 1.33 bits per heavy atom. The van der Waals surface area contributed by atoms with Crippen molar-refractivity contribution in [3.05, 3.63) is 23.8 Å². The summed E-state index contributed by atoms with van der Waals surface area (Å²) >= 11 is 0. The van der Waals surface area contributed by atoms with Crippen LogP contribution in [0.25, 0.3) is 0 Å². The van der Waals surface area contributed by atoms with E-state index in [0.717, 1.165) is 37.7 Å². The van der Waals surface area contributed by atoms with Gasteiger partial charge in [0.2, 0.25) is 0 Å². The summed E-state index contributed by atoms with van der Waals surface area (Å²) in [5.41, 5.74) is 1.27. The average molecular weight is 315 g/mol. The van der Waals surface area contributed by atoms with Gasteiger partial charge in [-0.15, -0.1) is 12.4 Å². The van der Waals surface area contributed by atoms with Crippen LogP contribution < -0.4 is 14.8 Å². The lowest BCUT2D eigenvalue weighted by molar-refractivity contribution is 0.199. The van der Waals surface area contributed by atoms with E-state index in [-0.39, 0.29) is 18.5 Å². The van der Waals surface area contributed by atoms with Crippen molar-refractivity contribution in [1.29, 1.82) is 0 Å². The molecule has 0 amide bonds. The molecule has 0 radical (unpaired) electrons. The summed E-state index contributed by atoms with van der Waals surface area (Å²) in [5, 5.41) is 3.46. The molecule has 1 aliphatic heterocycles. The third-order valence-corrected chi connectivity index (χ3v) is 3.45. The molecule has 0 aromatic heterocycles. The van der Waals surface area contributed by atoms with Gasteiger partial charge in [0.25, 0.3) is 0 Å². The van der Waals surface area contributed by atoms with Gasteiger partial charge in [-0.25, -0.2) is 0 Å². The molecule has 1 saturated heterocycles. The molecule has 0 unspecified atom stereocenters. The molecule has 21 heavy (non-hydrogen) atoms. The monoisotopic (exact) mass is 314 g/mol. The molecule has 0 spiro atoms. The van der Waals surface area contributed by atoms with Gasteiger partial charge in [-0.05, 0) is 38.5 Å². The zero-order valence-corrected chi connectivity index (χ0v) is 14.2. The molecule has 4 nitrogen and oxygen atoms in total. The standard InChI is InChI=1S/C16H26N2O2.ClH/c1-12(2)20-15-6-5-14(9-16(15)19-4)11-18-8-7-17-13(3)10-18;/h5-6,9,12-13,17H,7-8,10-11H2,1-4H3;1H/t13-;/m1./s1. The van der Waals surface area contributed by atoms with Crippen LogP contribution >= 0.6 is 12.4 Å². The molecular formula is C16H27ClN2O2. The van der Waals surface area contributed by atoms with Crippen LogP contribution in [0.2, 0.25) is 0 Å². The van der Waals surface area contributed by atoms with Gasteiger partial charge in [0.15, 0.2) is 11.5 Å². The Hall–Kier alpha value is -0.970. The van der Waals surface area contributed by atoms with Crippen molar-refractivity contribution in [3.63, 3.8) is 0 Å². The van der Waals surface area contributed by atoms with Crippen molar-refractivity contribution in [2.45, 2.75) is 39.5 Å². The van der Waals surface area contributed by atoms with Crippen molar-refractivity contribution in [2.24, 2.45) is 0 Å². The van der Waals surface area contributed by atoms with E-state index < -0.39 is 0 Å². The molecule has 1 N–H and O–H groups in total. The van der Waals surface area contributed by atoms with Gasteiger partial charge >= 0.3 is 0 Å². The van der Waals surface area contributed by atoms with Gasteiger partial charge in [0.1, 0.15) is 0 Å². The van der Waals surface area contributed by atoms with E-state index in [9.17, 15) is 0 Å². The number of halogens is 1. The summed E-state index contributed by atoms with van der Waals surface area (Å²) in [4.78, 5) is 2.47.